The van der Waals surface area contributed by atoms with E-state index in [0.29, 0.717) is 19.0 Å². The van der Waals surface area contributed by atoms with Gasteiger partial charge in [0.2, 0.25) is 0 Å². The van der Waals surface area contributed by atoms with Gasteiger partial charge in [-0.1, -0.05) is 13.8 Å². The van der Waals surface area contributed by atoms with Crippen LogP contribution in [-0.4, -0.2) is 41.1 Å². The van der Waals surface area contributed by atoms with E-state index in [9.17, 15) is 9.59 Å². The summed E-state index contributed by atoms with van der Waals surface area (Å²) >= 11 is 0. The van der Waals surface area contributed by atoms with Gasteiger partial charge in [-0.15, -0.1) is 0 Å². The van der Waals surface area contributed by atoms with Crippen LogP contribution in [0.1, 0.15) is 46.0 Å². The molecule has 20 heavy (non-hydrogen) atoms. The fraction of sp³-hybridized carbons (Fsp3) is 0.867. The molecule has 0 spiro atoms. The van der Waals surface area contributed by atoms with Crippen LogP contribution in [-0.2, 0) is 4.79 Å². The second-order valence-corrected chi connectivity index (χ2v) is 6.61. The van der Waals surface area contributed by atoms with Crippen molar-refractivity contribution in [3.05, 3.63) is 0 Å². The molecule has 1 heterocycles. The smallest absolute Gasteiger partial charge is 0.317 e. The first-order chi connectivity index (χ1) is 9.45. The Labute approximate surface area is 120 Å². The van der Waals surface area contributed by atoms with E-state index in [-0.39, 0.29) is 24.4 Å². The second-order valence-electron chi connectivity index (χ2n) is 6.61. The highest BCUT2D eigenvalue weighted by Gasteiger charge is 2.30. The van der Waals surface area contributed by atoms with E-state index in [1.54, 1.807) is 4.90 Å². The molecule has 2 aliphatic rings. The Kier molecular flexibility index (Phi) is 4.89. The average Bonchev–Trinajstić information content (AvgIpc) is 2.81. The molecular formula is C15H26N2O3. The summed E-state index contributed by atoms with van der Waals surface area (Å²) in [5.41, 5.74) is 0. The van der Waals surface area contributed by atoms with Crippen LogP contribution in [0.3, 0.4) is 0 Å². The summed E-state index contributed by atoms with van der Waals surface area (Å²) in [4.78, 5) is 24.7. The number of nitrogens with zero attached hydrogens (tertiary/aromatic N) is 1. The predicted molar refractivity (Wildman–Crippen MR) is 76.4 cm³/mol. The third-order valence-corrected chi connectivity index (χ3v) is 4.96. The number of likely N-dealkylation sites (tertiary alicyclic amines) is 1. The van der Waals surface area contributed by atoms with Gasteiger partial charge in [0.05, 0.1) is 0 Å². The minimum absolute atomic E-state index is 0.00959. The van der Waals surface area contributed by atoms with Crippen LogP contribution in [0.15, 0.2) is 0 Å². The van der Waals surface area contributed by atoms with Crippen molar-refractivity contribution >= 4 is 12.0 Å². The van der Waals surface area contributed by atoms with Crippen LogP contribution in [0.2, 0.25) is 0 Å². The van der Waals surface area contributed by atoms with Gasteiger partial charge < -0.3 is 15.3 Å². The number of hydrogen-bond donors (Lipinski definition) is 2. The van der Waals surface area contributed by atoms with Gasteiger partial charge in [-0.05, 0) is 43.4 Å². The molecule has 5 nitrogen and oxygen atoms in total. The van der Waals surface area contributed by atoms with E-state index in [4.69, 9.17) is 5.11 Å². The van der Waals surface area contributed by atoms with Gasteiger partial charge in [0.15, 0.2) is 0 Å². The number of urea groups is 1. The third-order valence-electron chi connectivity index (χ3n) is 4.96. The van der Waals surface area contributed by atoms with E-state index in [1.807, 2.05) is 0 Å². The molecule has 1 aliphatic heterocycles. The number of rotatable bonds is 3. The third kappa shape index (κ3) is 3.87. The van der Waals surface area contributed by atoms with Crippen molar-refractivity contribution in [3.8, 4) is 0 Å². The van der Waals surface area contributed by atoms with Gasteiger partial charge in [0, 0.05) is 25.6 Å². The van der Waals surface area contributed by atoms with Crippen LogP contribution >= 0.6 is 0 Å². The number of carboxylic acid groups (broad SMARTS) is 1. The lowest BCUT2D eigenvalue weighted by atomic mass is 9.79. The van der Waals surface area contributed by atoms with Gasteiger partial charge >= 0.3 is 12.0 Å². The fourth-order valence-corrected chi connectivity index (χ4v) is 3.38. The summed E-state index contributed by atoms with van der Waals surface area (Å²) in [6, 6.07) is 0.275. The van der Waals surface area contributed by atoms with Crippen molar-refractivity contribution in [1.29, 1.82) is 0 Å². The Morgan fingerprint density at radius 2 is 1.95 bits per heavy atom. The number of nitrogens with one attached hydrogen (secondary N) is 1. The Balaban J connectivity index is 1.77. The average molecular weight is 282 g/mol. The SMILES string of the molecule is CC1CCC(NC(=O)N2CCC(CC(=O)O)C2)CC1C. The molecule has 0 aromatic rings. The summed E-state index contributed by atoms with van der Waals surface area (Å²) in [6.07, 6.45) is 4.26. The molecule has 0 bridgehead atoms. The Hall–Kier alpha value is -1.26. The van der Waals surface area contributed by atoms with Gasteiger partial charge in [0.1, 0.15) is 0 Å². The summed E-state index contributed by atoms with van der Waals surface area (Å²) in [5.74, 6) is 0.748. The van der Waals surface area contributed by atoms with Crippen LogP contribution in [0.4, 0.5) is 4.79 Å². The fourth-order valence-electron chi connectivity index (χ4n) is 3.38. The highest BCUT2D eigenvalue weighted by atomic mass is 16.4. The molecule has 4 unspecified atom stereocenters. The highest BCUT2D eigenvalue weighted by molar-refractivity contribution is 5.75. The van der Waals surface area contributed by atoms with Gasteiger partial charge in [-0.3, -0.25) is 4.79 Å². The normalized spacial score (nSPS) is 34.0. The number of carbonyl (C=O) groups excluding carboxylic acids is 1. The number of carbonyl (C=O) groups is 2. The highest BCUT2D eigenvalue weighted by Crippen LogP contribution is 2.29. The maximum atomic E-state index is 12.2. The molecule has 114 valence electrons. The molecule has 2 rings (SSSR count). The zero-order chi connectivity index (χ0) is 14.7. The number of aliphatic carboxylic acids is 1. The molecule has 1 aliphatic carbocycles. The largest absolute Gasteiger partial charge is 0.481 e. The van der Waals surface area contributed by atoms with Crippen molar-refractivity contribution in [2.24, 2.45) is 17.8 Å². The van der Waals surface area contributed by atoms with Gasteiger partial charge in [-0.2, -0.15) is 0 Å². The first-order valence-electron chi connectivity index (χ1n) is 7.73. The van der Waals surface area contributed by atoms with Gasteiger partial charge in [-0.25, -0.2) is 4.79 Å². The molecule has 2 fully saturated rings. The van der Waals surface area contributed by atoms with Crippen molar-refractivity contribution in [3.63, 3.8) is 0 Å². The molecule has 1 saturated carbocycles. The van der Waals surface area contributed by atoms with Crippen LogP contribution in [0, 0.1) is 17.8 Å². The number of carboxylic acids is 1. The molecule has 2 amide bonds. The summed E-state index contributed by atoms with van der Waals surface area (Å²) in [5, 5.41) is 11.9. The first-order valence-corrected chi connectivity index (χ1v) is 7.73. The molecule has 1 saturated heterocycles. The van der Waals surface area contributed by atoms with Crippen molar-refractivity contribution in [1.82, 2.24) is 10.2 Å². The van der Waals surface area contributed by atoms with E-state index >= 15 is 0 Å². The van der Waals surface area contributed by atoms with E-state index in [1.165, 1.54) is 6.42 Å². The van der Waals surface area contributed by atoms with E-state index < -0.39 is 5.97 Å². The lowest BCUT2D eigenvalue weighted by molar-refractivity contribution is -0.138. The first kappa shape index (κ1) is 15.1. The topological polar surface area (TPSA) is 69.6 Å². The molecular weight excluding hydrogens is 256 g/mol. The summed E-state index contributed by atoms with van der Waals surface area (Å²) in [6.45, 7) is 5.79. The molecule has 4 atom stereocenters. The number of hydrogen-bond acceptors (Lipinski definition) is 2. The van der Waals surface area contributed by atoms with Crippen molar-refractivity contribution in [2.45, 2.75) is 52.0 Å². The van der Waals surface area contributed by atoms with Crippen LogP contribution in [0.25, 0.3) is 0 Å². The Bertz CT molecular complexity index is 372. The molecule has 2 N–H and O–H groups in total. The maximum absolute atomic E-state index is 12.2. The predicted octanol–water partition coefficient (Wildman–Crippen LogP) is 2.32. The van der Waals surface area contributed by atoms with Crippen LogP contribution < -0.4 is 5.32 Å². The summed E-state index contributed by atoms with van der Waals surface area (Å²) in [7, 11) is 0. The van der Waals surface area contributed by atoms with Crippen molar-refractivity contribution < 1.29 is 14.7 Å². The minimum Gasteiger partial charge on any atom is -0.481 e. The molecule has 0 aromatic carbocycles. The molecule has 0 aromatic heterocycles. The monoisotopic (exact) mass is 282 g/mol. The maximum Gasteiger partial charge on any atom is 0.317 e. The Morgan fingerprint density at radius 3 is 2.60 bits per heavy atom. The zero-order valence-corrected chi connectivity index (χ0v) is 12.5. The van der Waals surface area contributed by atoms with Gasteiger partial charge in [0.25, 0.3) is 0 Å². The lowest BCUT2D eigenvalue weighted by Gasteiger charge is -2.33. The van der Waals surface area contributed by atoms with E-state index in [0.717, 1.165) is 25.2 Å². The molecule has 5 heteroatoms. The lowest BCUT2D eigenvalue weighted by Crippen LogP contribution is -2.46. The van der Waals surface area contributed by atoms with E-state index in [2.05, 4.69) is 19.2 Å². The summed E-state index contributed by atoms with van der Waals surface area (Å²) < 4.78 is 0. The Morgan fingerprint density at radius 1 is 1.20 bits per heavy atom. The van der Waals surface area contributed by atoms with Crippen molar-refractivity contribution in [2.75, 3.05) is 13.1 Å². The standard InChI is InChI=1S/C15H26N2O3/c1-10-3-4-13(7-11(10)2)16-15(20)17-6-5-12(9-17)8-14(18)19/h10-13H,3-9H2,1-2H3,(H,16,20)(H,18,19). The molecule has 0 radical (unpaired) electrons. The zero-order valence-electron chi connectivity index (χ0n) is 12.5. The number of amides is 2. The second kappa shape index (κ2) is 6.46. The minimum atomic E-state index is -0.771. The van der Waals surface area contributed by atoms with Crippen LogP contribution in [0.5, 0.6) is 0 Å². The quantitative estimate of drug-likeness (QED) is 0.834.